The number of piperazine rings is 1. The van der Waals surface area contributed by atoms with Gasteiger partial charge in [-0.25, -0.2) is 4.79 Å². The molecule has 7 heteroatoms. The molecule has 1 heterocycles. The number of rotatable bonds is 5. The average molecular weight is 342 g/mol. The Hall–Kier alpha value is -1.66. The molecule has 0 aliphatic carbocycles. The average Bonchev–Trinajstić information content (AvgIpc) is 2.57. The maximum Gasteiger partial charge on any atom is 0.317 e. The first-order valence-electron chi connectivity index (χ1n) is 7.67. The molecule has 1 saturated heterocycles. The molecule has 6 nitrogen and oxygen atoms in total. The Labute approximate surface area is 142 Å². The van der Waals surface area contributed by atoms with E-state index in [1.165, 1.54) is 0 Å². The number of nitrogens with one attached hydrogen (secondary N) is 1. The zero-order valence-electron chi connectivity index (χ0n) is 13.9. The molecular formula is C16H24ClN3O3. The second-order valence-corrected chi connectivity index (χ2v) is 5.88. The lowest BCUT2D eigenvalue weighted by molar-refractivity contribution is 0.177. The number of halogens is 1. The molecule has 1 fully saturated rings. The van der Waals surface area contributed by atoms with Crippen molar-refractivity contribution in [3.63, 3.8) is 0 Å². The molecular weight excluding hydrogens is 318 g/mol. The van der Waals surface area contributed by atoms with Crippen LogP contribution in [0.2, 0.25) is 5.02 Å². The van der Waals surface area contributed by atoms with E-state index >= 15 is 0 Å². The molecule has 23 heavy (non-hydrogen) atoms. The number of anilines is 1. The summed E-state index contributed by atoms with van der Waals surface area (Å²) < 4.78 is 10.4. The van der Waals surface area contributed by atoms with E-state index in [9.17, 15) is 4.79 Å². The first-order valence-corrected chi connectivity index (χ1v) is 8.05. The van der Waals surface area contributed by atoms with Crippen molar-refractivity contribution in [1.29, 1.82) is 0 Å². The van der Waals surface area contributed by atoms with Crippen molar-refractivity contribution in [2.24, 2.45) is 0 Å². The number of aryl methyl sites for hydroxylation is 1. The maximum atomic E-state index is 12.0. The Balaban J connectivity index is 1.96. The Morgan fingerprint density at radius 3 is 2.57 bits per heavy atom. The van der Waals surface area contributed by atoms with Gasteiger partial charge in [0, 0.05) is 50.9 Å². The van der Waals surface area contributed by atoms with Crippen LogP contribution in [-0.4, -0.2) is 64.5 Å². The predicted octanol–water partition coefficient (Wildman–Crippen LogP) is 2.14. The predicted molar refractivity (Wildman–Crippen MR) is 91.8 cm³/mol. The molecule has 128 valence electrons. The minimum absolute atomic E-state index is 0.0408. The van der Waals surface area contributed by atoms with E-state index in [4.69, 9.17) is 21.1 Å². The molecule has 0 bridgehead atoms. The lowest BCUT2D eigenvalue weighted by Crippen LogP contribution is -2.52. The highest BCUT2D eigenvalue weighted by atomic mass is 35.5. The van der Waals surface area contributed by atoms with Gasteiger partial charge in [0.05, 0.1) is 19.4 Å². The third-order valence-electron chi connectivity index (χ3n) is 3.95. The van der Waals surface area contributed by atoms with Gasteiger partial charge in [-0.1, -0.05) is 11.6 Å². The van der Waals surface area contributed by atoms with E-state index in [1.54, 1.807) is 14.2 Å². The fraction of sp³-hybridized carbons (Fsp3) is 0.562. The fourth-order valence-electron chi connectivity index (χ4n) is 2.58. The van der Waals surface area contributed by atoms with Crippen molar-refractivity contribution in [3.05, 3.63) is 22.7 Å². The van der Waals surface area contributed by atoms with Gasteiger partial charge in [0.2, 0.25) is 0 Å². The zero-order chi connectivity index (χ0) is 16.8. The first-order chi connectivity index (χ1) is 11.1. The van der Waals surface area contributed by atoms with Crippen LogP contribution in [0.5, 0.6) is 5.75 Å². The SMILES string of the molecule is COCCNC(=O)N1CCN(c2cc(C)c(Cl)cc2OC)CC1. The highest BCUT2D eigenvalue weighted by Crippen LogP contribution is 2.34. The summed E-state index contributed by atoms with van der Waals surface area (Å²) in [6.07, 6.45) is 0. The summed E-state index contributed by atoms with van der Waals surface area (Å²) in [4.78, 5) is 16.1. The van der Waals surface area contributed by atoms with E-state index in [0.717, 1.165) is 30.1 Å². The standard InChI is InChI=1S/C16H24ClN3O3/c1-12-10-14(15(23-3)11-13(12)17)19-5-7-20(8-6-19)16(21)18-4-9-22-2/h10-11H,4-9H2,1-3H3,(H,18,21). The van der Waals surface area contributed by atoms with Crippen LogP contribution in [0.25, 0.3) is 0 Å². The molecule has 0 radical (unpaired) electrons. The van der Waals surface area contributed by atoms with Gasteiger partial charge in [-0.15, -0.1) is 0 Å². The molecule has 1 aromatic rings. The number of carbonyl (C=O) groups is 1. The molecule has 1 aliphatic heterocycles. The van der Waals surface area contributed by atoms with Crippen LogP contribution in [0.15, 0.2) is 12.1 Å². The second-order valence-electron chi connectivity index (χ2n) is 5.47. The van der Waals surface area contributed by atoms with Crippen molar-refractivity contribution in [1.82, 2.24) is 10.2 Å². The minimum atomic E-state index is -0.0408. The molecule has 1 N–H and O–H groups in total. The number of urea groups is 1. The first kappa shape index (κ1) is 17.7. The van der Waals surface area contributed by atoms with E-state index in [2.05, 4.69) is 10.2 Å². The Kier molecular flexibility index (Phi) is 6.36. The second kappa shape index (κ2) is 8.26. The monoisotopic (exact) mass is 341 g/mol. The van der Waals surface area contributed by atoms with Gasteiger partial charge in [0.1, 0.15) is 5.75 Å². The Bertz CT molecular complexity index is 546. The summed E-state index contributed by atoms with van der Waals surface area (Å²) in [6, 6.07) is 3.84. The summed E-state index contributed by atoms with van der Waals surface area (Å²) in [6.45, 7) is 5.88. The normalized spacial score (nSPS) is 14.8. The molecule has 1 aromatic carbocycles. The maximum absolute atomic E-state index is 12.0. The smallest absolute Gasteiger partial charge is 0.317 e. The van der Waals surface area contributed by atoms with Crippen LogP contribution in [0.4, 0.5) is 10.5 Å². The molecule has 2 amide bonds. The molecule has 0 spiro atoms. The highest BCUT2D eigenvalue weighted by Gasteiger charge is 2.23. The minimum Gasteiger partial charge on any atom is -0.495 e. The number of amides is 2. The number of hydrogen-bond donors (Lipinski definition) is 1. The molecule has 1 aliphatic rings. The van der Waals surface area contributed by atoms with Crippen LogP contribution in [0, 0.1) is 6.92 Å². The van der Waals surface area contributed by atoms with Crippen molar-refractivity contribution in [2.45, 2.75) is 6.92 Å². The Morgan fingerprint density at radius 2 is 1.96 bits per heavy atom. The quantitative estimate of drug-likeness (QED) is 0.834. The van der Waals surface area contributed by atoms with E-state index in [1.807, 2.05) is 24.0 Å². The molecule has 0 unspecified atom stereocenters. The van der Waals surface area contributed by atoms with Crippen molar-refractivity contribution >= 4 is 23.3 Å². The van der Waals surface area contributed by atoms with Crippen LogP contribution >= 0.6 is 11.6 Å². The lowest BCUT2D eigenvalue weighted by Gasteiger charge is -2.36. The lowest BCUT2D eigenvalue weighted by atomic mass is 10.1. The van der Waals surface area contributed by atoms with Crippen molar-refractivity contribution in [2.75, 3.05) is 58.5 Å². The molecule has 0 saturated carbocycles. The largest absolute Gasteiger partial charge is 0.495 e. The fourth-order valence-corrected chi connectivity index (χ4v) is 2.73. The number of benzene rings is 1. The van der Waals surface area contributed by atoms with Crippen LogP contribution in [0.3, 0.4) is 0 Å². The molecule has 2 rings (SSSR count). The van der Waals surface area contributed by atoms with Gasteiger partial charge in [-0.2, -0.15) is 0 Å². The molecule has 0 atom stereocenters. The van der Waals surface area contributed by atoms with Crippen LogP contribution in [-0.2, 0) is 4.74 Å². The van der Waals surface area contributed by atoms with E-state index in [0.29, 0.717) is 31.3 Å². The van der Waals surface area contributed by atoms with Gasteiger partial charge < -0.3 is 24.6 Å². The third-order valence-corrected chi connectivity index (χ3v) is 4.36. The number of methoxy groups -OCH3 is 2. The van der Waals surface area contributed by atoms with Crippen molar-refractivity contribution < 1.29 is 14.3 Å². The highest BCUT2D eigenvalue weighted by molar-refractivity contribution is 6.31. The summed E-state index contributed by atoms with van der Waals surface area (Å²) >= 11 is 6.16. The van der Waals surface area contributed by atoms with Gasteiger partial charge in [0.15, 0.2) is 0 Å². The number of hydrogen-bond acceptors (Lipinski definition) is 4. The molecule has 0 aromatic heterocycles. The van der Waals surface area contributed by atoms with E-state index in [-0.39, 0.29) is 6.03 Å². The van der Waals surface area contributed by atoms with Crippen LogP contribution < -0.4 is 15.0 Å². The topological polar surface area (TPSA) is 54.0 Å². The van der Waals surface area contributed by atoms with Gasteiger partial charge >= 0.3 is 6.03 Å². The van der Waals surface area contributed by atoms with Gasteiger partial charge in [-0.05, 0) is 18.6 Å². The van der Waals surface area contributed by atoms with E-state index < -0.39 is 0 Å². The van der Waals surface area contributed by atoms with Gasteiger partial charge in [0.25, 0.3) is 0 Å². The number of nitrogens with zero attached hydrogens (tertiary/aromatic N) is 2. The third kappa shape index (κ3) is 4.42. The number of ether oxygens (including phenoxy) is 2. The zero-order valence-corrected chi connectivity index (χ0v) is 14.7. The van der Waals surface area contributed by atoms with Crippen molar-refractivity contribution in [3.8, 4) is 5.75 Å². The van der Waals surface area contributed by atoms with Gasteiger partial charge in [-0.3, -0.25) is 0 Å². The summed E-state index contributed by atoms with van der Waals surface area (Å²) in [5.41, 5.74) is 2.04. The number of carbonyl (C=O) groups excluding carboxylic acids is 1. The van der Waals surface area contributed by atoms with Crippen LogP contribution in [0.1, 0.15) is 5.56 Å². The Morgan fingerprint density at radius 1 is 1.26 bits per heavy atom. The summed E-state index contributed by atoms with van der Waals surface area (Å²) in [5, 5.41) is 3.54. The summed E-state index contributed by atoms with van der Waals surface area (Å²) in [5.74, 6) is 0.763. The summed E-state index contributed by atoms with van der Waals surface area (Å²) in [7, 11) is 3.26.